The van der Waals surface area contributed by atoms with E-state index in [-0.39, 0.29) is 18.1 Å². The molecular weight excluding hydrogens is 267 g/mol. The van der Waals surface area contributed by atoms with Crippen LogP contribution in [0.3, 0.4) is 0 Å². The van der Waals surface area contributed by atoms with Gasteiger partial charge in [0.25, 0.3) is 0 Å². The molecule has 0 fully saturated rings. The second-order valence-electron chi connectivity index (χ2n) is 4.84. The van der Waals surface area contributed by atoms with Gasteiger partial charge in [-0.05, 0) is 48.4 Å². The minimum Gasteiger partial charge on any atom is -0.378 e. The Bertz CT molecular complexity index is 687. The van der Waals surface area contributed by atoms with E-state index >= 15 is 0 Å². The van der Waals surface area contributed by atoms with Crippen LogP contribution in [0.2, 0.25) is 0 Å². The molecule has 0 amide bonds. The number of nitrogens with zero attached hydrogens (tertiary/aromatic N) is 1. The van der Waals surface area contributed by atoms with Gasteiger partial charge in [-0.15, -0.1) is 0 Å². The van der Waals surface area contributed by atoms with Crippen LogP contribution >= 0.6 is 0 Å². The molecule has 2 aromatic rings. The maximum absolute atomic E-state index is 13.0. The van der Waals surface area contributed by atoms with Gasteiger partial charge in [-0.25, -0.2) is 4.39 Å². The smallest absolute Gasteiger partial charge is 0.156 e. The standard InChI is InChI=1S/C17H15FN2O/c1-12-8-15(18)6-7-17(12)20-11-16(21)9-13-2-4-14(10-19)5-3-13/h2-8,20H,9,11H2,1H3. The van der Waals surface area contributed by atoms with Crippen molar-refractivity contribution < 1.29 is 9.18 Å². The highest BCUT2D eigenvalue weighted by Gasteiger charge is 2.06. The summed E-state index contributed by atoms with van der Waals surface area (Å²) in [6.07, 6.45) is 0.305. The average Bonchev–Trinajstić information content (AvgIpc) is 2.47. The summed E-state index contributed by atoms with van der Waals surface area (Å²) in [5.41, 5.74) is 2.97. The van der Waals surface area contributed by atoms with Crippen LogP contribution in [-0.4, -0.2) is 12.3 Å². The monoisotopic (exact) mass is 282 g/mol. The molecule has 0 heterocycles. The summed E-state index contributed by atoms with van der Waals surface area (Å²) in [6, 6.07) is 13.4. The topological polar surface area (TPSA) is 52.9 Å². The highest BCUT2D eigenvalue weighted by atomic mass is 19.1. The lowest BCUT2D eigenvalue weighted by Gasteiger charge is -2.09. The summed E-state index contributed by atoms with van der Waals surface area (Å²) < 4.78 is 13.0. The number of Topliss-reactive ketones (excluding diaryl/α,β-unsaturated/α-hetero) is 1. The van der Waals surface area contributed by atoms with Crippen molar-refractivity contribution in [3.8, 4) is 6.07 Å². The molecule has 106 valence electrons. The zero-order valence-electron chi connectivity index (χ0n) is 11.7. The Balaban J connectivity index is 1.91. The number of rotatable bonds is 5. The number of halogens is 1. The molecule has 4 heteroatoms. The Morgan fingerprint density at radius 2 is 1.95 bits per heavy atom. The van der Waals surface area contributed by atoms with E-state index in [1.807, 2.05) is 6.07 Å². The number of anilines is 1. The van der Waals surface area contributed by atoms with E-state index in [4.69, 9.17) is 5.26 Å². The van der Waals surface area contributed by atoms with Crippen molar-refractivity contribution in [2.45, 2.75) is 13.3 Å². The molecule has 0 aliphatic heterocycles. The number of nitrogens with one attached hydrogen (secondary N) is 1. The molecular formula is C17H15FN2O. The summed E-state index contributed by atoms with van der Waals surface area (Å²) in [5.74, 6) is -0.259. The molecule has 0 aromatic heterocycles. The highest BCUT2D eigenvalue weighted by Crippen LogP contribution is 2.15. The fraction of sp³-hybridized carbons (Fsp3) is 0.176. The molecule has 0 saturated carbocycles. The van der Waals surface area contributed by atoms with Crippen molar-refractivity contribution in [1.29, 1.82) is 5.26 Å². The zero-order chi connectivity index (χ0) is 15.2. The van der Waals surface area contributed by atoms with Crippen LogP contribution in [0.5, 0.6) is 0 Å². The van der Waals surface area contributed by atoms with Crippen LogP contribution in [0.25, 0.3) is 0 Å². The molecule has 21 heavy (non-hydrogen) atoms. The minimum absolute atomic E-state index is 0.0310. The molecule has 0 unspecified atom stereocenters. The zero-order valence-corrected chi connectivity index (χ0v) is 11.7. The van der Waals surface area contributed by atoms with Crippen molar-refractivity contribution in [2.24, 2.45) is 0 Å². The first-order chi connectivity index (χ1) is 10.1. The number of carbonyl (C=O) groups is 1. The van der Waals surface area contributed by atoms with Crippen molar-refractivity contribution in [2.75, 3.05) is 11.9 Å². The first-order valence-corrected chi connectivity index (χ1v) is 6.59. The Morgan fingerprint density at radius 3 is 2.57 bits per heavy atom. The Morgan fingerprint density at radius 1 is 1.24 bits per heavy atom. The van der Waals surface area contributed by atoms with Crippen molar-refractivity contribution in [1.82, 2.24) is 0 Å². The van der Waals surface area contributed by atoms with Crippen molar-refractivity contribution >= 4 is 11.5 Å². The molecule has 3 nitrogen and oxygen atoms in total. The maximum atomic E-state index is 13.0. The van der Waals surface area contributed by atoms with Crippen LogP contribution in [-0.2, 0) is 11.2 Å². The number of aryl methyl sites for hydroxylation is 1. The van der Waals surface area contributed by atoms with E-state index in [0.717, 1.165) is 16.8 Å². The third kappa shape index (κ3) is 4.15. The molecule has 0 aliphatic rings. The van der Waals surface area contributed by atoms with Gasteiger partial charge in [-0.3, -0.25) is 4.79 Å². The van der Waals surface area contributed by atoms with Gasteiger partial charge in [0.1, 0.15) is 5.82 Å². The summed E-state index contributed by atoms with van der Waals surface area (Å²) >= 11 is 0. The predicted molar refractivity (Wildman–Crippen MR) is 79.5 cm³/mol. The molecule has 1 N–H and O–H groups in total. The molecule has 0 spiro atoms. The van der Waals surface area contributed by atoms with E-state index in [9.17, 15) is 9.18 Å². The number of benzene rings is 2. The lowest BCUT2D eigenvalue weighted by atomic mass is 10.1. The SMILES string of the molecule is Cc1cc(F)ccc1NCC(=O)Cc1ccc(C#N)cc1. The van der Waals surface area contributed by atoms with Crippen LogP contribution in [0.1, 0.15) is 16.7 Å². The van der Waals surface area contributed by atoms with Crippen molar-refractivity contribution in [3.63, 3.8) is 0 Å². The van der Waals surface area contributed by atoms with E-state index in [2.05, 4.69) is 5.32 Å². The predicted octanol–water partition coefficient (Wildman–Crippen LogP) is 3.23. The second kappa shape index (κ2) is 6.67. The summed E-state index contributed by atoms with van der Waals surface area (Å²) in [4.78, 5) is 11.9. The molecule has 0 bridgehead atoms. The molecule has 0 atom stereocenters. The summed E-state index contributed by atoms with van der Waals surface area (Å²) in [6.45, 7) is 1.98. The number of carbonyl (C=O) groups excluding carboxylic acids is 1. The normalized spacial score (nSPS) is 9.95. The van der Waals surface area contributed by atoms with Crippen molar-refractivity contribution in [3.05, 3.63) is 65.0 Å². The van der Waals surface area contributed by atoms with E-state index < -0.39 is 0 Å². The lowest BCUT2D eigenvalue weighted by Crippen LogP contribution is -2.16. The fourth-order valence-electron chi connectivity index (χ4n) is 2.01. The summed E-state index contributed by atoms with van der Waals surface area (Å²) in [7, 11) is 0. The van der Waals surface area contributed by atoms with Gasteiger partial charge < -0.3 is 5.32 Å². The quantitative estimate of drug-likeness (QED) is 0.916. The lowest BCUT2D eigenvalue weighted by molar-refractivity contribution is -0.116. The molecule has 0 aliphatic carbocycles. The highest BCUT2D eigenvalue weighted by molar-refractivity contribution is 5.85. The number of nitriles is 1. The summed E-state index contributed by atoms with van der Waals surface area (Å²) in [5, 5.41) is 11.7. The fourth-order valence-corrected chi connectivity index (χ4v) is 2.01. The largest absolute Gasteiger partial charge is 0.378 e. The minimum atomic E-state index is -0.290. The maximum Gasteiger partial charge on any atom is 0.156 e. The van der Waals surface area contributed by atoms with E-state index in [1.54, 1.807) is 37.3 Å². The van der Waals surface area contributed by atoms with Gasteiger partial charge in [-0.2, -0.15) is 5.26 Å². The molecule has 2 aromatic carbocycles. The number of hydrogen-bond acceptors (Lipinski definition) is 3. The van der Waals surface area contributed by atoms with Gasteiger partial charge in [0, 0.05) is 12.1 Å². The third-order valence-electron chi connectivity index (χ3n) is 3.15. The van der Waals surface area contributed by atoms with Crippen LogP contribution in [0.4, 0.5) is 10.1 Å². The van der Waals surface area contributed by atoms with Gasteiger partial charge in [0.15, 0.2) is 5.78 Å². The van der Waals surface area contributed by atoms with Crippen LogP contribution in [0, 0.1) is 24.1 Å². The van der Waals surface area contributed by atoms with Crippen LogP contribution in [0.15, 0.2) is 42.5 Å². The second-order valence-corrected chi connectivity index (χ2v) is 4.84. The number of hydrogen-bond donors (Lipinski definition) is 1. The van der Waals surface area contributed by atoms with E-state index in [0.29, 0.717) is 12.0 Å². The Labute approximate surface area is 123 Å². The first-order valence-electron chi connectivity index (χ1n) is 6.59. The molecule has 0 saturated heterocycles. The Kier molecular flexibility index (Phi) is 4.68. The first kappa shape index (κ1) is 14.7. The molecule has 0 radical (unpaired) electrons. The third-order valence-corrected chi connectivity index (χ3v) is 3.15. The van der Waals surface area contributed by atoms with E-state index in [1.165, 1.54) is 12.1 Å². The average molecular weight is 282 g/mol. The van der Waals surface area contributed by atoms with Gasteiger partial charge in [-0.1, -0.05) is 12.1 Å². The molecule has 2 rings (SSSR count). The Hall–Kier alpha value is -2.67. The van der Waals surface area contributed by atoms with Gasteiger partial charge >= 0.3 is 0 Å². The van der Waals surface area contributed by atoms with Crippen LogP contribution < -0.4 is 5.32 Å². The number of ketones is 1. The van der Waals surface area contributed by atoms with Gasteiger partial charge in [0.05, 0.1) is 18.2 Å². The van der Waals surface area contributed by atoms with Gasteiger partial charge in [0.2, 0.25) is 0 Å².